The van der Waals surface area contributed by atoms with Gasteiger partial charge in [0.1, 0.15) is 0 Å². The lowest BCUT2D eigenvalue weighted by molar-refractivity contribution is 0.398. The van der Waals surface area contributed by atoms with Crippen LogP contribution in [0.2, 0.25) is 0 Å². The number of H-pyrrole nitrogens is 1. The van der Waals surface area contributed by atoms with Gasteiger partial charge in [0, 0.05) is 24.1 Å². The Morgan fingerprint density at radius 2 is 2.30 bits per heavy atom. The van der Waals surface area contributed by atoms with Crippen molar-refractivity contribution in [3.63, 3.8) is 0 Å². The molecular formula is C7H13N3. The molecule has 0 amide bonds. The van der Waals surface area contributed by atoms with Crippen LogP contribution in [-0.2, 0) is 6.54 Å². The summed E-state index contributed by atoms with van der Waals surface area (Å²) in [6.45, 7) is 0.914. The molecule has 0 aromatic carbocycles. The van der Waals surface area contributed by atoms with Crippen LogP contribution in [0.15, 0.2) is 12.3 Å². The van der Waals surface area contributed by atoms with Gasteiger partial charge in [-0.15, -0.1) is 0 Å². The highest BCUT2D eigenvalue weighted by atomic mass is 15.1. The topological polar surface area (TPSA) is 45.0 Å². The predicted octanol–water partition coefficient (Wildman–Crippen LogP) is 0.659. The second-order valence-corrected chi connectivity index (χ2v) is 2.70. The van der Waals surface area contributed by atoms with Crippen LogP contribution < -0.4 is 5.73 Å². The van der Waals surface area contributed by atoms with E-state index in [0.717, 1.165) is 17.9 Å². The van der Waals surface area contributed by atoms with Crippen molar-refractivity contribution >= 4 is 5.69 Å². The minimum absolute atomic E-state index is 0.803. The Balaban J connectivity index is 2.58. The summed E-state index contributed by atoms with van der Waals surface area (Å²) < 4.78 is 0. The van der Waals surface area contributed by atoms with Crippen LogP contribution in [0, 0.1) is 0 Å². The molecule has 56 valence electrons. The van der Waals surface area contributed by atoms with E-state index in [9.17, 15) is 0 Å². The lowest BCUT2D eigenvalue weighted by Gasteiger charge is -2.05. The van der Waals surface area contributed by atoms with E-state index in [1.165, 1.54) is 0 Å². The highest BCUT2D eigenvalue weighted by Gasteiger charge is 1.95. The molecule has 0 saturated carbocycles. The zero-order chi connectivity index (χ0) is 7.56. The number of hydrogen-bond donors (Lipinski definition) is 2. The highest BCUT2D eigenvalue weighted by molar-refractivity contribution is 5.37. The number of hydrogen-bond acceptors (Lipinski definition) is 2. The average Bonchev–Trinajstić information content (AvgIpc) is 2.13. The van der Waals surface area contributed by atoms with E-state index in [1.807, 2.05) is 20.2 Å². The normalized spacial score (nSPS) is 10.7. The molecule has 0 aliphatic rings. The van der Waals surface area contributed by atoms with Gasteiger partial charge in [0.2, 0.25) is 0 Å². The minimum atomic E-state index is 0.803. The first-order valence-electron chi connectivity index (χ1n) is 3.26. The second kappa shape index (κ2) is 2.75. The number of rotatable bonds is 2. The van der Waals surface area contributed by atoms with Gasteiger partial charge in [-0.1, -0.05) is 0 Å². The van der Waals surface area contributed by atoms with Gasteiger partial charge in [-0.2, -0.15) is 0 Å². The maximum atomic E-state index is 5.50. The molecule has 3 N–H and O–H groups in total. The monoisotopic (exact) mass is 139 g/mol. The third-order valence-electron chi connectivity index (χ3n) is 1.25. The zero-order valence-corrected chi connectivity index (χ0v) is 6.39. The number of nitrogen functional groups attached to an aromatic ring is 1. The van der Waals surface area contributed by atoms with Gasteiger partial charge >= 0.3 is 0 Å². The van der Waals surface area contributed by atoms with Crippen molar-refractivity contribution in [2.75, 3.05) is 19.8 Å². The van der Waals surface area contributed by atoms with Crippen molar-refractivity contribution < 1.29 is 0 Å². The second-order valence-electron chi connectivity index (χ2n) is 2.70. The molecule has 0 aliphatic carbocycles. The molecule has 1 rings (SSSR count). The molecule has 0 fully saturated rings. The largest absolute Gasteiger partial charge is 0.397 e. The van der Waals surface area contributed by atoms with E-state index in [0.29, 0.717) is 0 Å². The smallest absolute Gasteiger partial charge is 0.0495 e. The number of aromatic nitrogens is 1. The molecule has 0 radical (unpaired) electrons. The maximum absolute atomic E-state index is 5.50. The average molecular weight is 139 g/mol. The van der Waals surface area contributed by atoms with Gasteiger partial charge in [-0.25, -0.2) is 0 Å². The lowest BCUT2D eigenvalue weighted by Crippen LogP contribution is -2.10. The number of nitrogens with one attached hydrogen (secondary N) is 1. The van der Waals surface area contributed by atoms with Crippen molar-refractivity contribution in [3.8, 4) is 0 Å². The van der Waals surface area contributed by atoms with Crippen molar-refractivity contribution in [3.05, 3.63) is 18.0 Å². The van der Waals surface area contributed by atoms with Gasteiger partial charge in [0.15, 0.2) is 0 Å². The number of nitrogens with two attached hydrogens (primary N) is 1. The summed E-state index contributed by atoms with van der Waals surface area (Å²) in [5.41, 5.74) is 7.46. The fraction of sp³-hybridized carbons (Fsp3) is 0.429. The summed E-state index contributed by atoms with van der Waals surface area (Å²) in [4.78, 5) is 5.16. The standard InChI is InChI=1S/C7H13N3/c1-10(2)5-7-3-6(8)4-9-7/h3-4,9H,5,8H2,1-2H3. The Kier molecular flexibility index (Phi) is 1.97. The van der Waals surface area contributed by atoms with E-state index in [-0.39, 0.29) is 0 Å². The Labute approximate surface area is 60.8 Å². The lowest BCUT2D eigenvalue weighted by atomic mass is 10.4. The van der Waals surface area contributed by atoms with Crippen molar-refractivity contribution in [2.45, 2.75) is 6.54 Å². The SMILES string of the molecule is CN(C)Cc1cc(N)c[nH]1. The molecule has 1 heterocycles. The molecule has 0 atom stereocenters. The first-order valence-corrected chi connectivity index (χ1v) is 3.26. The molecule has 0 bridgehead atoms. The summed E-state index contributed by atoms with van der Waals surface area (Å²) in [5, 5.41) is 0. The van der Waals surface area contributed by atoms with E-state index >= 15 is 0 Å². The third-order valence-corrected chi connectivity index (χ3v) is 1.25. The minimum Gasteiger partial charge on any atom is -0.397 e. The number of aromatic amines is 1. The predicted molar refractivity (Wildman–Crippen MR) is 42.6 cm³/mol. The Morgan fingerprint density at radius 1 is 1.60 bits per heavy atom. The van der Waals surface area contributed by atoms with Gasteiger partial charge in [-0.3, -0.25) is 0 Å². The Morgan fingerprint density at radius 3 is 2.70 bits per heavy atom. The first kappa shape index (κ1) is 7.15. The quantitative estimate of drug-likeness (QED) is 0.632. The Bertz CT molecular complexity index is 202. The van der Waals surface area contributed by atoms with Crippen molar-refractivity contribution in [1.82, 2.24) is 9.88 Å². The van der Waals surface area contributed by atoms with Crippen LogP contribution in [0.5, 0.6) is 0 Å². The third kappa shape index (κ3) is 1.77. The van der Waals surface area contributed by atoms with E-state index in [1.54, 1.807) is 6.20 Å². The summed E-state index contributed by atoms with van der Waals surface area (Å²) in [5.74, 6) is 0. The van der Waals surface area contributed by atoms with Crippen LogP contribution in [-0.4, -0.2) is 24.0 Å². The summed E-state index contributed by atoms with van der Waals surface area (Å²) in [7, 11) is 4.05. The molecule has 3 heteroatoms. The van der Waals surface area contributed by atoms with Crippen LogP contribution >= 0.6 is 0 Å². The van der Waals surface area contributed by atoms with Gasteiger partial charge in [0.05, 0.1) is 0 Å². The molecule has 0 aliphatic heterocycles. The fourth-order valence-electron chi connectivity index (χ4n) is 0.893. The van der Waals surface area contributed by atoms with Crippen LogP contribution in [0.25, 0.3) is 0 Å². The van der Waals surface area contributed by atoms with E-state index in [4.69, 9.17) is 5.73 Å². The molecule has 1 aromatic rings. The molecule has 0 saturated heterocycles. The summed E-state index contributed by atoms with van der Waals surface area (Å²) >= 11 is 0. The van der Waals surface area contributed by atoms with Gasteiger partial charge in [-0.05, 0) is 20.2 Å². The molecule has 0 unspecified atom stereocenters. The first-order chi connectivity index (χ1) is 4.68. The van der Waals surface area contributed by atoms with E-state index in [2.05, 4.69) is 9.88 Å². The van der Waals surface area contributed by atoms with Crippen molar-refractivity contribution in [2.24, 2.45) is 0 Å². The zero-order valence-electron chi connectivity index (χ0n) is 6.39. The van der Waals surface area contributed by atoms with Gasteiger partial charge < -0.3 is 15.6 Å². The van der Waals surface area contributed by atoms with Gasteiger partial charge in [0.25, 0.3) is 0 Å². The maximum Gasteiger partial charge on any atom is 0.0495 e. The molecule has 10 heavy (non-hydrogen) atoms. The fourth-order valence-corrected chi connectivity index (χ4v) is 0.893. The van der Waals surface area contributed by atoms with Crippen LogP contribution in [0.3, 0.4) is 0 Å². The van der Waals surface area contributed by atoms with Crippen LogP contribution in [0.4, 0.5) is 5.69 Å². The summed E-state index contributed by atoms with van der Waals surface area (Å²) in [6, 6.07) is 1.94. The van der Waals surface area contributed by atoms with Crippen LogP contribution in [0.1, 0.15) is 5.69 Å². The van der Waals surface area contributed by atoms with Crippen molar-refractivity contribution in [1.29, 1.82) is 0 Å². The molecule has 1 aromatic heterocycles. The molecule has 0 spiro atoms. The number of nitrogens with zero attached hydrogens (tertiary/aromatic N) is 1. The highest BCUT2D eigenvalue weighted by Crippen LogP contribution is 2.05. The van der Waals surface area contributed by atoms with E-state index < -0.39 is 0 Å². The molecular weight excluding hydrogens is 126 g/mol. The summed E-state index contributed by atoms with van der Waals surface area (Å²) in [6.07, 6.45) is 1.80. The number of anilines is 1. The Hall–Kier alpha value is -0.960. The molecule has 3 nitrogen and oxygen atoms in total.